The van der Waals surface area contributed by atoms with Gasteiger partial charge in [-0.1, -0.05) is 6.07 Å². The third-order valence-electron chi connectivity index (χ3n) is 5.55. The molecule has 3 aliphatic rings. The molecule has 0 N–H and O–H groups in total. The van der Waals surface area contributed by atoms with Gasteiger partial charge in [0.15, 0.2) is 0 Å². The van der Waals surface area contributed by atoms with Gasteiger partial charge in [0.1, 0.15) is 24.0 Å². The lowest BCUT2D eigenvalue weighted by atomic mass is 9.93. The van der Waals surface area contributed by atoms with Gasteiger partial charge in [0.05, 0.1) is 19.8 Å². The van der Waals surface area contributed by atoms with Crippen LogP contribution in [-0.4, -0.2) is 67.3 Å². The molecule has 114 valence electrons. The number of piperidine rings is 1. The van der Waals surface area contributed by atoms with Crippen molar-refractivity contribution < 1.29 is 14.0 Å². The lowest BCUT2D eigenvalue weighted by molar-refractivity contribution is -0.883. The van der Waals surface area contributed by atoms with E-state index >= 15 is 0 Å². The number of hydrogen-bond acceptors (Lipinski definition) is 4. The largest absolute Gasteiger partial charge is 0.370 e. The Morgan fingerprint density at radius 3 is 2.90 bits per heavy atom. The predicted molar refractivity (Wildman–Crippen MR) is 82.4 cm³/mol. The van der Waals surface area contributed by atoms with Gasteiger partial charge in [0.2, 0.25) is 0 Å². The molecule has 0 saturated carbocycles. The smallest absolute Gasteiger partial charge is 0.356 e. The minimum atomic E-state index is 0.334. The molecule has 1 aromatic rings. The summed E-state index contributed by atoms with van der Waals surface area (Å²) >= 11 is 1.58. The van der Waals surface area contributed by atoms with Crippen LogP contribution in [0.5, 0.6) is 0 Å². The van der Waals surface area contributed by atoms with Crippen molar-refractivity contribution in [3.05, 3.63) is 22.4 Å². The van der Waals surface area contributed by atoms with E-state index in [1.54, 1.807) is 11.3 Å². The molecule has 4 heterocycles. The standard InChI is InChI=1S/C16H23N2O2S/c19-16(15-2-1-9-21-15)18(5-7-20-8-6-18)14-10-13-3-4-17(11-13)12-14/h1-2,9,13-14H,3-8,10-12H2/q+1/t13-,14-/m1/s1. The van der Waals surface area contributed by atoms with E-state index in [4.69, 9.17) is 4.74 Å². The molecule has 0 aliphatic carbocycles. The Balaban J connectivity index is 1.65. The molecule has 3 atom stereocenters. The number of amides is 1. The van der Waals surface area contributed by atoms with E-state index in [-0.39, 0.29) is 0 Å². The van der Waals surface area contributed by atoms with Gasteiger partial charge >= 0.3 is 5.91 Å². The maximum Gasteiger partial charge on any atom is 0.356 e. The first-order chi connectivity index (χ1) is 10.3. The first-order valence-corrected chi connectivity index (χ1v) is 8.91. The Labute approximate surface area is 129 Å². The molecule has 2 bridgehead atoms. The molecule has 0 spiro atoms. The normalized spacial score (nSPS) is 34.8. The maximum absolute atomic E-state index is 13.2. The van der Waals surface area contributed by atoms with Gasteiger partial charge in [-0.05, 0) is 30.3 Å². The number of quaternary nitrogens is 1. The Morgan fingerprint density at radius 1 is 1.33 bits per heavy atom. The molecule has 4 rings (SSSR count). The molecule has 3 aliphatic heterocycles. The Kier molecular flexibility index (Phi) is 3.61. The summed E-state index contributed by atoms with van der Waals surface area (Å²) < 4.78 is 6.21. The van der Waals surface area contributed by atoms with Gasteiger partial charge in [-0.15, -0.1) is 11.3 Å². The zero-order valence-corrected chi connectivity index (χ0v) is 13.2. The van der Waals surface area contributed by atoms with Crippen molar-refractivity contribution in [2.75, 3.05) is 45.9 Å². The highest BCUT2D eigenvalue weighted by Crippen LogP contribution is 2.35. The summed E-state index contributed by atoms with van der Waals surface area (Å²) in [6, 6.07) is 4.44. The summed E-state index contributed by atoms with van der Waals surface area (Å²) in [6.45, 7) is 6.71. The molecule has 0 radical (unpaired) electrons. The van der Waals surface area contributed by atoms with Crippen LogP contribution in [0, 0.1) is 5.92 Å². The molecule has 4 nitrogen and oxygen atoms in total. The van der Waals surface area contributed by atoms with E-state index in [1.807, 2.05) is 17.5 Å². The molecule has 0 aromatic carbocycles. The van der Waals surface area contributed by atoms with Crippen molar-refractivity contribution in [3.63, 3.8) is 0 Å². The van der Waals surface area contributed by atoms with Gasteiger partial charge in [-0.2, -0.15) is 0 Å². The molecule has 1 unspecified atom stereocenters. The monoisotopic (exact) mass is 307 g/mol. The minimum Gasteiger partial charge on any atom is -0.370 e. The van der Waals surface area contributed by atoms with E-state index in [0.29, 0.717) is 16.4 Å². The summed E-state index contributed by atoms with van der Waals surface area (Å²) in [4.78, 5) is 16.7. The highest BCUT2D eigenvalue weighted by Gasteiger charge is 2.50. The molecule has 21 heavy (non-hydrogen) atoms. The van der Waals surface area contributed by atoms with Gasteiger partial charge < -0.3 is 4.74 Å². The summed E-state index contributed by atoms with van der Waals surface area (Å²) in [6.07, 6.45) is 2.54. The average molecular weight is 307 g/mol. The topological polar surface area (TPSA) is 29.5 Å². The predicted octanol–water partition coefficient (Wildman–Crippen LogP) is 1.83. The van der Waals surface area contributed by atoms with Crippen LogP contribution in [0.15, 0.2) is 17.5 Å². The van der Waals surface area contributed by atoms with Gasteiger partial charge in [-0.3, -0.25) is 4.90 Å². The number of carbonyl (C=O) groups excluding carboxylic acids is 1. The first kappa shape index (κ1) is 13.9. The maximum atomic E-state index is 13.2. The first-order valence-electron chi connectivity index (χ1n) is 8.03. The van der Waals surface area contributed by atoms with Crippen LogP contribution in [-0.2, 0) is 4.74 Å². The van der Waals surface area contributed by atoms with Crippen LogP contribution in [0.3, 0.4) is 0 Å². The van der Waals surface area contributed by atoms with Crippen molar-refractivity contribution in [2.24, 2.45) is 5.92 Å². The lowest BCUT2D eigenvalue weighted by Gasteiger charge is -2.47. The highest BCUT2D eigenvalue weighted by molar-refractivity contribution is 7.11. The van der Waals surface area contributed by atoms with Gasteiger partial charge in [0.25, 0.3) is 0 Å². The van der Waals surface area contributed by atoms with Crippen LogP contribution in [0.25, 0.3) is 0 Å². The molecular formula is C16H23N2O2S+. The number of hydrogen-bond donors (Lipinski definition) is 0. The zero-order valence-electron chi connectivity index (χ0n) is 12.4. The fourth-order valence-corrected chi connectivity index (χ4v) is 5.15. The molecule has 3 saturated heterocycles. The van der Waals surface area contributed by atoms with Crippen LogP contribution >= 0.6 is 11.3 Å². The summed E-state index contributed by atoms with van der Waals surface area (Å²) in [7, 11) is 0. The van der Waals surface area contributed by atoms with Crippen LogP contribution in [0.1, 0.15) is 22.5 Å². The summed E-state index contributed by atoms with van der Waals surface area (Å²) in [5.41, 5.74) is 0. The number of ether oxygens (including phenoxy) is 1. The second-order valence-corrected chi connectivity index (χ2v) is 7.63. The van der Waals surface area contributed by atoms with Crippen LogP contribution in [0.4, 0.5) is 0 Å². The zero-order chi connectivity index (χ0) is 14.3. The molecule has 3 fully saturated rings. The third kappa shape index (κ3) is 2.36. The van der Waals surface area contributed by atoms with Gasteiger partial charge in [-0.25, -0.2) is 9.28 Å². The van der Waals surface area contributed by atoms with Crippen molar-refractivity contribution >= 4 is 17.2 Å². The quantitative estimate of drug-likeness (QED) is 0.781. The third-order valence-corrected chi connectivity index (χ3v) is 6.41. The minimum absolute atomic E-state index is 0.334. The van der Waals surface area contributed by atoms with E-state index in [9.17, 15) is 4.79 Å². The average Bonchev–Trinajstić information content (AvgIpc) is 3.17. The second kappa shape index (κ2) is 5.47. The highest BCUT2D eigenvalue weighted by atomic mass is 32.1. The fraction of sp³-hybridized carbons (Fsp3) is 0.688. The van der Waals surface area contributed by atoms with Crippen molar-refractivity contribution in [1.29, 1.82) is 0 Å². The lowest BCUT2D eigenvalue weighted by Crippen LogP contribution is -2.67. The van der Waals surface area contributed by atoms with E-state index in [2.05, 4.69) is 4.90 Å². The number of carbonyl (C=O) groups is 1. The van der Waals surface area contributed by atoms with Crippen molar-refractivity contribution in [2.45, 2.75) is 18.9 Å². The Hall–Kier alpha value is -0.750. The number of fused-ring (bicyclic) bond motifs is 2. The summed E-state index contributed by atoms with van der Waals surface area (Å²) in [5, 5.41) is 2.01. The van der Waals surface area contributed by atoms with Crippen molar-refractivity contribution in [1.82, 2.24) is 4.90 Å². The van der Waals surface area contributed by atoms with Crippen LogP contribution < -0.4 is 0 Å². The molecule has 1 amide bonds. The second-order valence-electron chi connectivity index (χ2n) is 6.68. The molecule has 5 heteroatoms. The van der Waals surface area contributed by atoms with E-state index < -0.39 is 0 Å². The Morgan fingerprint density at radius 2 is 2.19 bits per heavy atom. The number of thiophene rings is 1. The summed E-state index contributed by atoms with van der Waals surface area (Å²) in [5.74, 6) is 1.14. The molecule has 1 aromatic heterocycles. The number of rotatable bonds is 2. The fourth-order valence-electron chi connectivity index (χ4n) is 4.41. The van der Waals surface area contributed by atoms with E-state index in [1.165, 1.54) is 25.9 Å². The number of nitrogens with zero attached hydrogens (tertiary/aromatic N) is 2. The SMILES string of the molecule is O=C(c1cccs1)[N+]1([C@@H]2C[C@H]3CCN(C3)C2)CCOCC1. The van der Waals surface area contributed by atoms with Crippen LogP contribution in [0.2, 0.25) is 0 Å². The molecular weight excluding hydrogens is 284 g/mol. The van der Waals surface area contributed by atoms with E-state index in [0.717, 1.165) is 43.6 Å². The van der Waals surface area contributed by atoms with Gasteiger partial charge in [0, 0.05) is 13.0 Å². The number of morpholine rings is 1. The Bertz CT molecular complexity index is 498. The van der Waals surface area contributed by atoms with Crippen molar-refractivity contribution in [3.8, 4) is 0 Å².